The van der Waals surface area contributed by atoms with E-state index >= 15 is 0 Å². The quantitative estimate of drug-likeness (QED) is 0.738. The van der Waals surface area contributed by atoms with Crippen LogP contribution in [0, 0.1) is 0 Å². The molecule has 0 fully saturated rings. The lowest BCUT2D eigenvalue weighted by Crippen LogP contribution is -2.34. The minimum atomic E-state index is -3.29. The van der Waals surface area contributed by atoms with Crippen LogP contribution in [0.25, 0.3) is 0 Å². The van der Waals surface area contributed by atoms with Crippen molar-refractivity contribution in [1.29, 1.82) is 0 Å². The Morgan fingerprint density at radius 1 is 1.25 bits per heavy atom. The van der Waals surface area contributed by atoms with Gasteiger partial charge in [0.15, 0.2) is 0 Å². The highest BCUT2D eigenvalue weighted by molar-refractivity contribution is 7.92. The molecule has 0 atom stereocenters. The van der Waals surface area contributed by atoms with E-state index in [1.54, 1.807) is 12.1 Å². The highest BCUT2D eigenvalue weighted by atomic mass is 35.5. The molecule has 0 aliphatic rings. The molecule has 1 aromatic carbocycles. The molecule has 0 aromatic heterocycles. The molecule has 1 rings (SSSR count). The molecule has 5 heteroatoms. The Labute approximate surface area is 102 Å². The van der Waals surface area contributed by atoms with Gasteiger partial charge in [0.2, 0.25) is 10.0 Å². The third-order valence-electron chi connectivity index (χ3n) is 2.14. The van der Waals surface area contributed by atoms with E-state index in [2.05, 4.69) is 0 Å². The molecule has 0 aliphatic heterocycles. The Bertz CT molecular complexity index is 405. The molecular formula is C11H16ClNO2S. The fraction of sp³-hybridized carbons (Fsp3) is 0.455. The molecule has 0 radical (unpaired) electrons. The van der Waals surface area contributed by atoms with E-state index in [0.29, 0.717) is 12.2 Å². The van der Waals surface area contributed by atoms with Crippen LogP contribution in [0.5, 0.6) is 0 Å². The van der Waals surface area contributed by atoms with Crippen molar-refractivity contribution >= 4 is 27.3 Å². The molecule has 0 saturated carbocycles. The van der Waals surface area contributed by atoms with Gasteiger partial charge >= 0.3 is 0 Å². The third-order valence-corrected chi connectivity index (χ3v) is 4.34. The van der Waals surface area contributed by atoms with E-state index in [9.17, 15) is 8.42 Å². The molecule has 0 unspecified atom stereocenters. The fourth-order valence-electron chi connectivity index (χ4n) is 1.43. The van der Waals surface area contributed by atoms with Gasteiger partial charge in [0, 0.05) is 12.4 Å². The summed E-state index contributed by atoms with van der Waals surface area (Å²) in [5.74, 6) is 0.0961. The minimum Gasteiger partial charge on any atom is -0.270 e. The summed E-state index contributed by atoms with van der Waals surface area (Å²) in [6.45, 7) is 2.44. The van der Waals surface area contributed by atoms with Gasteiger partial charge in [0.05, 0.1) is 11.4 Å². The summed E-state index contributed by atoms with van der Waals surface area (Å²) in [6.07, 6.45) is 0.774. The number of alkyl halides is 1. The van der Waals surface area contributed by atoms with Crippen molar-refractivity contribution in [3.05, 3.63) is 30.3 Å². The highest BCUT2D eigenvalue weighted by Gasteiger charge is 2.20. The smallest absolute Gasteiger partial charge is 0.236 e. The second kappa shape index (κ2) is 6.11. The van der Waals surface area contributed by atoms with Crippen molar-refractivity contribution in [2.75, 3.05) is 22.5 Å². The van der Waals surface area contributed by atoms with Gasteiger partial charge in [-0.25, -0.2) is 8.42 Å². The Hall–Kier alpha value is -0.740. The van der Waals surface area contributed by atoms with Crippen LogP contribution in [0.4, 0.5) is 5.69 Å². The molecule has 3 nitrogen and oxygen atoms in total. The fourth-order valence-corrected chi connectivity index (χ4v) is 3.34. The Kier molecular flexibility index (Phi) is 5.09. The monoisotopic (exact) mass is 261 g/mol. The summed E-state index contributed by atoms with van der Waals surface area (Å²) in [7, 11) is -3.29. The SMILES string of the molecule is CCCN(c1ccccc1)S(=O)(=O)CCCl. The van der Waals surface area contributed by atoms with Gasteiger partial charge in [0.25, 0.3) is 0 Å². The summed E-state index contributed by atoms with van der Waals surface area (Å²) in [5, 5.41) is 0. The van der Waals surface area contributed by atoms with Gasteiger partial charge in [-0.15, -0.1) is 11.6 Å². The molecule has 1 aromatic rings. The molecule has 16 heavy (non-hydrogen) atoms. The molecule has 0 N–H and O–H groups in total. The Morgan fingerprint density at radius 2 is 1.88 bits per heavy atom. The van der Waals surface area contributed by atoms with Crippen LogP contribution < -0.4 is 4.31 Å². The van der Waals surface area contributed by atoms with E-state index in [1.807, 2.05) is 25.1 Å². The highest BCUT2D eigenvalue weighted by Crippen LogP contribution is 2.18. The van der Waals surface area contributed by atoms with Crippen molar-refractivity contribution in [2.45, 2.75) is 13.3 Å². The van der Waals surface area contributed by atoms with E-state index in [1.165, 1.54) is 4.31 Å². The zero-order valence-electron chi connectivity index (χ0n) is 9.27. The first-order valence-corrected chi connectivity index (χ1v) is 7.37. The molecule has 0 heterocycles. The summed E-state index contributed by atoms with van der Waals surface area (Å²) < 4.78 is 25.4. The predicted molar refractivity (Wildman–Crippen MR) is 68.6 cm³/mol. The first-order valence-electron chi connectivity index (χ1n) is 5.23. The second-order valence-electron chi connectivity index (χ2n) is 3.41. The summed E-state index contributed by atoms with van der Waals surface area (Å²) in [4.78, 5) is 0. The zero-order valence-corrected chi connectivity index (χ0v) is 10.8. The lowest BCUT2D eigenvalue weighted by Gasteiger charge is -2.23. The van der Waals surface area contributed by atoms with Crippen LogP contribution in [0.1, 0.15) is 13.3 Å². The average Bonchev–Trinajstić information content (AvgIpc) is 2.27. The maximum absolute atomic E-state index is 12.0. The van der Waals surface area contributed by atoms with Crippen LogP contribution in [-0.4, -0.2) is 26.6 Å². The third kappa shape index (κ3) is 3.39. The Morgan fingerprint density at radius 3 is 2.38 bits per heavy atom. The summed E-state index contributed by atoms with van der Waals surface area (Å²) >= 11 is 5.51. The van der Waals surface area contributed by atoms with Gasteiger partial charge in [-0.2, -0.15) is 0 Å². The van der Waals surface area contributed by atoms with Crippen molar-refractivity contribution in [3.63, 3.8) is 0 Å². The normalized spacial score (nSPS) is 11.4. The Balaban J connectivity index is 3.00. The van der Waals surface area contributed by atoms with Crippen molar-refractivity contribution in [2.24, 2.45) is 0 Å². The number of anilines is 1. The number of halogens is 1. The molecule has 0 spiro atoms. The standard InChI is InChI=1S/C11H16ClNO2S/c1-2-9-13(16(14,15)10-8-12)11-6-4-3-5-7-11/h3-7H,2,8-10H2,1H3. The van der Waals surface area contributed by atoms with Crippen LogP contribution >= 0.6 is 11.6 Å². The van der Waals surface area contributed by atoms with Crippen LogP contribution in [-0.2, 0) is 10.0 Å². The first-order chi connectivity index (χ1) is 7.61. The number of nitrogens with zero attached hydrogens (tertiary/aromatic N) is 1. The molecular weight excluding hydrogens is 246 g/mol. The van der Waals surface area contributed by atoms with Gasteiger partial charge < -0.3 is 0 Å². The van der Waals surface area contributed by atoms with Gasteiger partial charge in [-0.1, -0.05) is 25.1 Å². The second-order valence-corrected chi connectivity index (χ2v) is 5.80. The largest absolute Gasteiger partial charge is 0.270 e. The molecule has 0 aliphatic carbocycles. The number of hydrogen-bond donors (Lipinski definition) is 0. The van der Waals surface area contributed by atoms with Crippen LogP contribution in [0.15, 0.2) is 30.3 Å². The summed E-state index contributed by atoms with van der Waals surface area (Å²) in [6, 6.07) is 9.10. The number of para-hydroxylation sites is 1. The van der Waals surface area contributed by atoms with E-state index < -0.39 is 10.0 Å². The van der Waals surface area contributed by atoms with E-state index in [-0.39, 0.29) is 11.6 Å². The van der Waals surface area contributed by atoms with Crippen molar-refractivity contribution in [3.8, 4) is 0 Å². The van der Waals surface area contributed by atoms with Crippen molar-refractivity contribution < 1.29 is 8.42 Å². The predicted octanol–water partition coefficient (Wildman–Crippen LogP) is 2.47. The minimum absolute atomic E-state index is 0.0244. The van der Waals surface area contributed by atoms with Crippen LogP contribution in [0.2, 0.25) is 0 Å². The van der Waals surface area contributed by atoms with Crippen LogP contribution in [0.3, 0.4) is 0 Å². The number of hydrogen-bond acceptors (Lipinski definition) is 2. The van der Waals surface area contributed by atoms with Gasteiger partial charge in [0.1, 0.15) is 0 Å². The molecule has 90 valence electrons. The molecule has 0 saturated heterocycles. The van der Waals surface area contributed by atoms with Gasteiger partial charge in [-0.3, -0.25) is 4.31 Å². The topological polar surface area (TPSA) is 37.4 Å². The number of benzene rings is 1. The lowest BCUT2D eigenvalue weighted by atomic mass is 10.3. The molecule has 0 amide bonds. The average molecular weight is 262 g/mol. The van der Waals surface area contributed by atoms with Crippen molar-refractivity contribution in [1.82, 2.24) is 0 Å². The molecule has 0 bridgehead atoms. The van der Waals surface area contributed by atoms with E-state index in [0.717, 1.165) is 6.42 Å². The maximum Gasteiger partial charge on any atom is 0.236 e. The van der Waals surface area contributed by atoms with Gasteiger partial charge in [-0.05, 0) is 18.6 Å². The number of sulfonamides is 1. The maximum atomic E-state index is 12.0. The number of rotatable bonds is 6. The zero-order chi connectivity index (χ0) is 12.0. The first kappa shape index (κ1) is 13.3. The lowest BCUT2D eigenvalue weighted by molar-refractivity contribution is 0.591. The summed E-state index contributed by atoms with van der Waals surface area (Å²) in [5.41, 5.74) is 0.703. The van der Waals surface area contributed by atoms with E-state index in [4.69, 9.17) is 11.6 Å².